The number of hydrogen-bond donors (Lipinski definition) is 0. The minimum absolute atomic E-state index is 1.06. The minimum atomic E-state index is 1.06. The van der Waals surface area contributed by atoms with E-state index in [-0.39, 0.29) is 0 Å². The number of hydrogen-bond acceptors (Lipinski definition) is 2. The molecule has 2 nitrogen and oxygen atoms in total. The summed E-state index contributed by atoms with van der Waals surface area (Å²) in [6.45, 7) is 5.54. The third-order valence-electron chi connectivity index (χ3n) is 1.96. The van der Waals surface area contributed by atoms with Gasteiger partial charge in [-0.2, -0.15) is 0 Å². The van der Waals surface area contributed by atoms with E-state index < -0.39 is 0 Å². The number of rotatable bonds is 2. The van der Waals surface area contributed by atoms with Gasteiger partial charge in [0, 0.05) is 19.5 Å². The summed E-state index contributed by atoms with van der Waals surface area (Å²) < 4.78 is 5.12. The van der Waals surface area contributed by atoms with Crippen molar-refractivity contribution >= 4 is 0 Å². The van der Waals surface area contributed by atoms with Crippen molar-refractivity contribution in [1.82, 2.24) is 4.90 Å². The summed E-state index contributed by atoms with van der Waals surface area (Å²) in [7, 11) is 1.74. The molecule has 0 aliphatic carbocycles. The van der Waals surface area contributed by atoms with Crippen LogP contribution < -0.4 is 0 Å². The largest absolute Gasteiger partial charge is 0.501 e. The molecule has 0 aromatic rings. The summed E-state index contributed by atoms with van der Waals surface area (Å²) in [4.78, 5) is 2.39. The number of nitrogens with zero attached hydrogens (tertiary/aromatic N) is 1. The van der Waals surface area contributed by atoms with Gasteiger partial charge in [0.05, 0.1) is 12.9 Å². The lowest BCUT2D eigenvalue weighted by Crippen LogP contribution is -2.28. The lowest BCUT2D eigenvalue weighted by molar-refractivity contribution is 0.224. The molecule has 1 aliphatic rings. The van der Waals surface area contributed by atoms with E-state index in [4.69, 9.17) is 4.74 Å². The molecule has 0 unspecified atom stereocenters. The predicted octanol–water partition coefficient (Wildman–Crippen LogP) is 1.24. The van der Waals surface area contributed by atoms with Gasteiger partial charge in [0.2, 0.25) is 0 Å². The lowest BCUT2D eigenvalue weighted by atomic mass is 10.2. The maximum Gasteiger partial charge on any atom is 0.0941 e. The first-order chi connectivity index (χ1) is 4.86. The van der Waals surface area contributed by atoms with Crippen molar-refractivity contribution in [3.63, 3.8) is 0 Å². The first kappa shape index (κ1) is 7.61. The summed E-state index contributed by atoms with van der Waals surface area (Å²) in [6, 6.07) is 0. The molecular formula is C8H15NO. The Hall–Kier alpha value is -0.500. The molecule has 0 saturated heterocycles. The van der Waals surface area contributed by atoms with E-state index in [0.29, 0.717) is 0 Å². The van der Waals surface area contributed by atoms with Crippen LogP contribution in [0.1, 0.15) is 13.3 Å². The Labute approximate surface area is 62.5 Å². The standard InChI is InChI=1S/C8H15NO/c1-3-9-6-4-8(10-2)5-7-9/h4H,3,5-7H2,1-2H3. The molecule has 0 saturated carbocycles. The van der Waals surface area contributed by atoms with Gasteiger partial charge in [-0.15, -0.1) is 0 Å². The van der Waals surface area contributed by atoms with Crippen LogP contribution in [0.15, 0.2) is 11.8 Å². The summed E-state index contributed by atoms with van der Waals surface area (Å²) in [5, 5.41) is 0. The average molecular weight is 141 g/mol. The predicted molar refractivity (Wildman–Crippen MR) is 41.8 cm³/mol. The zero-order chi connectivity index (χ0) is 7.40. The molecule has 1 rings (SSSR count). The highest BCUT2D eigenvalue weighted by molar-refractivity contribution is 4.99. The normalized spacial score (nSPS) is 20.4. The fraction of sp³-hybridized carbons (Fsp3) is 0.750. The molecule has 0 aromatic heterocycles. The minimum Gasteiger partial charge on any atom is -0.501 e. The van der Waals surface area contributed by atoms with Crippen LogP contribution in [-0.2, 0) is 4.74 Å². The van der Waals surface area contributed by atoms with Gasteiger partial charge < -0.3 is 4.74 Å². The van der Waals surface area contributed by atoms with Gasteiger partial charge >= 0.3 is 0 Å². The van der Waals surface area contributed by atoms with Crippen molar-refractivity contribution in [2.45, 2.75) is 13.3 Å². The highest BCUT2D eigenvalue weighted by Crippen LogP contribution is 2.09. The molecule has 0 aromatic carbocycles. The Balaban J connectivity index is 2.36. The highest BCUT2D eigenvalue weighted by atomic mass is 16.5. The smallest absolute Gasteiger partial charge is 0.0941 e. The molecule has 0 N–H and O–H groups in total. The molecule has 0 fully saturated rings. The summed E-state index contributed by atoms with van der Waals surface area (Å²) in [6.07, 6.45) is 3.23. The van der Waals surface area contributed by atoms with E-state index in [1.165, 1.54) is 0 Å². The van der Waals surface area contributed by atoms with Crippen LogP contribution in [-0.4, -0.2) is 31.6 Å². The first-order valence-electron chi connectivity index (χ1n) is 3.82. The Kier molecular flexibility index (Phi) is 2.75. The molecule has 58 valence electrons. The second-order valence-corrected chi connectivity index (χ2v) is 2.52. The number of ether oxygens (including phenoxy) is 1. The van der Waals surface area contributed by atoms with E-state index in [9.17, 15) is 0 Å². The van der Waals surface area contributed by atoms with Gasteiger partial charge in [-0.05, 0) is 12.6 Å². The third kappa shape index (κ3) is 1.74. The van der Waals surface area contributed by atoms with Crippen LogP contribution in [0.4, 0.5) is 0 Å². The van der Waals surface area contributed by atoms with Crippen LogP contribution in [0, 0.1) is 0 Å². The quantitative estimate of drug-likeness (QED) is 0.573. The van der Waals surface area contributed by atoms with Crippen LogP contribution >= 0.6 is 0 Å². The van der Waals surface area contributed by atoms with Gasteiger partial charge in [-0.3, -0.25) is 4.90 Å². The highest BCUT2D eigenvalue weighted by Gasteiger charge is 2.08. The first-order valence-corrected chi connectivity index (χ1v) is 3.82. The van der Waals surface area contributed by atoms with Crippen LogP contribution in [0.2, 0.25) is 0 Å². The van der Waals surface area contributed by atoms with E-state index in [2.05, 4.69) is 17.9 Å². The topological polar surface area (TPSA) is 12.5 Å². The molecule has 2 heteroatoms. The molecule has 0 amide bonds. The number of methoxy groups -OCH3 is 1. The molecule has 10 heavy (non-hydrogen) atoms. The fourth-order valence-corrected chi connectivity index (χ4v) is 1.17. The van der Waals surface area contributed by atoms with Crippen LogP contribution in [0.3, 0.4) is 0 Å². The SMILES string of the molecule is CCN1CC=C(OC)CC1. The Morgan fingerprint density at radius 3 is 2.90 bits per heavy atom. The van der Waals surface area contributed by atoms with Crippen molar-refractivity contribution in [1.29, 1.82) is 0 Å². The van der Waals surface area contributed by atoms with Crippen molar-refractivity contribution in [2.24, 2.45) is 0 Å². The Morgan fingerprint density at radius 1 is 1.70 bits per heavy atom. The second kappa shape index (κ2) is 3.62. The zero-order valence-corrected chi connectivity index (χ0v) is 6.76. The van der Waals surface area contributed by atoms with Gasteiger partial charge in [-0.1, -0.05) is 6.92 Å². The Morgan fingerprint density at radius 2 is 2.50 bits per heavy atom. The summed E-state index contributed by atoms with van der Waals surface area (Å²) in [5.74, 6) is 1.14. The maximum atomic E-state index is 5.12. The Bertz CT molecular complexity index is 131. The summed E-state index contributed by atoms with van der Waals surface area (Å²) in [5.41, 5.74) is 0. The van der Waals surface area contributed by atoms with Crippen LogP contribution in [0.5, 0.6) is 0 Å². The van der Waals surface area contributed by atoms with Crippen molar-refractivity contribution in [3.05, 3.63) is 11.8 Å². The van der Waals surface area contributed by atoms with Crippen LogP contribution in [0.25, 0.3) is 0 Å². The van der Waals surface area contributed by atoms with E-state index >= 15 is 0 Å². The van der Waals surface area contributed by atoms with Crippen molar-refractivity contribution in [2.75, 3.05) is 26.7 Å². The van der Waals surface area contributed by atoms with E-state index in [1.54, 1.807) is 7.11 Å². The molecule has 0 spiro atoms. The molecular weight excluding hydrogens is 126 g/mol. The molecule has 1 heterocycles. The summed E-state index contributed by atoms with van der Waals surface area (Å²) >= 11 is 0. The monoisotopic (exact) mass is 141 g/mol. The molecule has 1 aliphatic heterocycles. The lowest BCUT2D eigenvalue weighted by Gasteiger charge is -2.23. The fourth-order valence-electron chi connectivity index (χ4n) is 1.17. The molecule has 0 atom stereocenters. The van der Waals surface area contributed by atoms with Gasteiger partial charge in [-0.25, -0.2) is 0 Å². The maximum absolute atomic E-state index is 5.12. The van der Waals surface area contributed by atoms with Crippen molar-refractivity contribution in [3.8, 4) is 0 Å². The molecule has 0 bridgehead atoms. The number of likely N-dealkylation sites (N-methyl/N-ethyl adjacent to an activating group) is 1. The van der Waals surface area contributed by atoms with E-state index in [1.807, 2.05) is 0 Å². The van der Waals surface area contributed by atoms with Gasteiger partial charge in [0.1, 0.15) is 0 Å². The van der Waals surface area contributed by atoms with Crippen molar-refractivity contribution < 1.29 is 4.74 Å². The van der Waals surface area contributed by atoms with Gasteiger partial charge in [0.15, 0.2) is 0 Å². The van der Waals surface area contributed by atoms with E-state index in [0.717, 1.165) is 31.8 Å². The average Bonchev–Trinajstić information content (AvgIpc) is 2.05. The zero-order valence-electron chi connectivity index (χ0n) is 6.76. The molecule has 0 radical (unpaired) electrons. The third-order valence-corrected chi connectivity index (χ3v) is 1.96. The van der Waals surface area contributed by atoms with Gasteiger partial charge in [0.25, 0.3) is 0 Å². The second-order valence-electron chi connectivity index (χ2n) is 2.52.